The van der Waals surface area contributed by atoms with Crippen LogP contribution in [0, 0.1) is 0 Å². The standard InChI is InChI=1S/C17H16ClN3OS2/c1-2-22-14-9-7-13(8-10-14)19-16-20-21-17(24-16)23-11-12-5-3-4-6-15(12)18/h3-10H,2,11H2,1H3,(H,19,20). The summed E-state index contributed by atoms with van der Waals surface area (Å²) in [6.45, 7) is 2.63. The van der Waals surface area contributed by atoms with E-state index in [2.05, 4.69) is 15.5 Å². The van der Waals surface area contributed by atoms with Gasteiger partial charge in [0.05, 0.1) is 6.61 Å². The molecule has 24 heavy (non-hydrogen) atoms. The van der Waals surface area contributed by atoms with Crippen molar-refractivity contribution in [1.82, 2.24) is 10.2 Å². The number of rotatable bonds is 7. The first kappa shape index (κ1) is 17.1. The Morgan fingerprint density at radius 1 is 1.12 bits per heavy atom. The average Bonchev–Trinajstić information content (AvgIpc) is 3.04. The van der Waals surface area contributed by atoms with E-state index in [1.54, 1.807) is 11.8 Å². The van der Waals surface area contributed by atoms with Gasteiger partial charge in [-0.25, -0.2) is 0 Å². The van der Waals surface area contributed by atoms with Crippen LogP contribution in [-0.2, 0) is 5.75 Å². The van der Waals surface area contributed by atoms with Gasteiger partial charge < -0.3 is 10.1 Å². The van der Waals surface area contributed by atoms with E-state index in [0.717, 1.165) is 37.2 Å². The van der Waals surface area contributed by atoms with Gasteiger partial charge in [-0.2, -0.15) is 0 Å². The molecule has 0 saturated carbocycles. The SMILES string of the molecule is CCOc1ccc(Nc2nnc(SCc3ccccc3Cl)s2)cc1. The predicted molar refractivity (Wildman–Crippen MR) is 102 cm³/mol. The smallest absolute Gasteiger partial charge is 0.210 e. The topological polar surface area (TPSA) is 47.0 Å². The normalized spacial score (nSPS) is 10.6. The molecule has 0 radical (unpaired) electrons. The van der Waals surface area contributed by atoms with Gasteiger partial charge in [-0.15, -0.1) is 10.2 Å². The van der Waals surface area contributed by atoms with Crippen LogP contribution in [0.3, 0.4) is 0 Å². The first-order valence-electron chi connectivity index (χ1n) is 7.44. The van der Waals surface area contributed by atoms with Crippen molar-refractivity contribution in [3.05, 3.63) is 59.1 Å². The number of hydrogen-bond donors (Lipinski definition) is 1. The summed E-state index contributed by atoms with van der Waals surface area (Å²) in [6, 6.07) is 15.6. The molecular weight excluding hydrogens is 362 g/mol. The van der Waals surface area contributed by atoms with Crippen LogP contribution in [0.5, 0.6) is 5.75 Å². The fourth-order valence-corrected chi connectivity index (χ4v) is 4.06. The molecule has 3 rings (SSSR count). The van der Waals surface area contributed by atoms with Crippen LogP contribution in [0.2, 0.25) is 5.02 Å². The molecule has 1 N–H and O–H groups in total. The lowest BCUT2D eigenvalue weighted by atomic mass is 10.2. The first-order chi connectivity index (χ1) is 11.7. The van der Waals surface area contributed by atoms with Gasteiger partial charge in [-0.05, 0) is 42.8 Å². The van der Waals surface area contributed by atoms with Crippen LogP contribution in [0.4, 0.5) is 10.8 Å². The number of hydrogen-bond acceptors (Lipinski definition) is 6. The maximum absolute atomic E-state index is 6.17. The molecule has 3 aromatic rings. The summed E-state index contributed by atoms with van der Waals surface area (Å²) in [4.78, 5) is 0. The zero-order chi connectivity index (χ0) is 16.8. The summed E-state index contributed by atoms with van der Waals surface area (Å²) in [6.07, 6.45) is 0. The quantitative estimate of drug-likeness (QED) is 0.541. The number of aromatic nitrogens is 2. The molecule has 0 fully saturated rings. The molecule has 0 amide bonds. The molecule has 0 atom stereocenters. The Balaban J connectivity index is 1.58. The molecule has 0 aliphatic heterocycles. The van der Waals surface area contributed by atoms with Gasteiger partial charge in [0, 0.05) is 16.5 Å². The Kier molecular flexibility index (Phi) is 5.96. The van der Waals surface area contributed by atoms with E-state index in [9.17, 15) is 0 Å². The second kappa shape index (κ2) is 8.37. The van der Waals surface area contributed by atoms with Gasteiger partial charge in [-0.3, -0.25) is 0 Å². The molecule has 124 valence electrons. The number of benzene rings is 2. The highest BCUT2D eigenvalue weighted by molar-refractivity contribution is 8.00. The Morgan fingerprint density at radius 3 is 2.67 bits per heavy atom. The van der Waals surface area contributed by atoms with Crippen molar-refractivity contribution in [2.45, 2.75) is 17.0 Å². The maximum Gasteiger partial charge on any atom is 0.210 e. The van der Waals surface area contributed by atoms with Crippen molar-refractivity contribution in [2.75, 3.05) is 11.9 Å². The Hall–Kier alpha value is -1.76. The summed E-state index contributed by atoms with van der Waals surface area (Å²) in [5, 5.41) is 13.2. The van der Waals surface area contributed by atoms with Crippen LogP contribution in [0.15, 0.2) is 52.9 Å². The Bertz CT molecular complexity index is 793. The van der Waals surface area contributed by atoms with Crippen molar-refractivity contribution in [3.63, 3.8) is 0 Å². The van der Waals surface area contributed by atoms with Crippen molar-refractivity contribution in [2.24, 2.45) is 0 Å². The Labute approximate surface area is 154 Å². The van der Waals surface area contributed by atoms with E-state index in [4.69, 9.17) is 16.3 Å². The fraction of sp³-hybridized carbons (Fsp3) is 0.176. The van der Waals surface area contributed by atoms with Crippen molar-refractivity contribution >= 4 is 45.5 Å². The molecule has 0 saturated heterocycles. The molecule has 0 bridgehead atoms. The van der Waals surface area contributed by atoms with Crippen molar-refractivity contribution < 1.29 is 4.74 Å². The zero-order valence-corrected chi connectivity index (χ0v) is 15.4. The minimum absolute atomic E-state index is 0.662. The van der Waals surface area contributed by atoms with Crippen LogP contribution < -0.4 is 10.1 Å². The predicted octanol–water partition coefficient (Wildman–Crippen LogP) is 5.63. The third kappa shape index (κ3) is 4.63. The highest BCUT2D eigenvalue weighted by Crippen LogP contribution is 2.31. The lowest BCUT2D eigenvalue weighted by Crippen LogP contribution is -1.92. The van der Waals surface area contributed by atoms with Gasteiger partial charge in [-0.1, -0.05) is 52.9 Å². The molecule has 1 aromatic heterocycles. The summed E-state index contributed by atoms with van der Waals surface area (Å²) < 4.78 is 6.34. The Morgan fingerprint density at radius 2 is 1.92 bits per heavy atom. The van der Waals surface area contributed by atoms with Crippen LogP contribution in [0.25, 0.3) is 0 Å². The maximum atomic E-state index is 6.17. The lowest BCUT2D eigenvalue weighted by Gasteiger charge is -2.05. The second-order valence-corrected chi connectivity index (χ2v) is 7.44. The summed E-state index contributed by atoms with van der Waals surface area (Å²) in [5.74, 6) is 1.63. The minimum atomic E-state index is 0.662. The number of nitrogens with zero attached hydrogens (tertiary/aromatic N) is 2. The van der Waals surface area contributed by atoms with Gasteiger partial charge in [0.25, 0.3) is 0 Å². The first-order valence-corrected chi connectivity index (χ1v) is 9.62. The largest absolute Gasteiger partial charge is 0.494 e. The third-order valence-corrected chi connectivity index (χ3v) is 5.52. The van der Waals surface area contributed by atoms with Crippen molar-refractivity contribution in [1.29, 1.82) is 0 Å². The molecule has 1 heterocycles. The molecule has 0 aliphatic rings. The fourth-order valence-electron chi connectivity index (χ4n) is 2.00. The molecule has 2 aromatic carbocycles. The van der Waals surface area contributed by atoms with E-state index in [0.29, 0.717) is 6.61 Å². The molecule has 0 aliphatic carbocycles. The van der Waals surface area contributed by atoms with E-state index in [1.807, 2.05) is 55.5 Å². The number of halogens is 1. The zero-order valence-electron chi connectivity index (χ0n) is 13.0. The average molecular weight is 378 g/mol. The molecule has 0 unspecified atom stereocenters. The van der Waals surface area contributed by atoms with Crippen LogP contribution >= 0.6 is 34.7 Å². The van der Waals surface area contributed by atoms with E-state index >= 15 is 0 Å². The summed E-state index contributed by atoms with van der Waals surface area (Å²) >= 11 is 9.32. The molecule has 7 heteroatoms. The number of thioether (sulfide) groups is 1. The lowest BCUT2D eigenvalue weighted by molar-refractivity contribution is 0.340. The van der Waals surface area contributed by atoms with E-state index < -0.39 is 0 Å². The third-order valence-electron chi connectivity index (χ3n) is 3.13. The molecule has 4 nitrogen and oxygen atoms in total. The van der Waals surface area contributed by atoms with Crippen LogP contribution in [0.1, 0.15) is 12.5 Å². The van der Waals surface area contributed by atoms with Gasteiger partial charge in [0.15, 0.2) is 4.34 Å². The van der Waals surface area contributed by atoms with Crippen LogP contribution in [-0.4, -0.2) is 16.8 Å². The minimum Gasteiger partial charge on any atom is -0.494 e. The number of nitrogens with one attached hydrogen (secondary N) is 1. The van der Waals surface area contributed by atoms with Gasteiger partial charge in [0.1, 0.15) is 5.75 Å². The molecular formula is C17H16ClN3OS2. The summed E-state index contributed by atoms with van der Waals surface area (Å²) in [7, 11) is 0. The van der Waals surface area contributed by atoms with Gasteiger partial charge >= 0.3 is 0 Å². The van der Waals surface area contributed by atoms with Gasteiger partial charge in [0.2, 0.25) is 5.13 Å². The monoisotopic (exact) mass is 377 g/mol. The summed E-state index contributed by atoms with van der Waals surface area (Å²) in [5.41, 5.74) is 2.05. The van der Waals surface area contributed by atoms with E-state index in [1.165, 1.54) is 11.3 Å². The second-order valence-electron chi connectivity index (χ2n) is 4.84. The number of anilines is 2. The number of ether oxygens (including phenoxy) is 1. The highest BCUT2D eigenvalue weighted by Gasteiger charge is 2.07. The van der Waals surface area contributed by atoms with E-state index in [-0.39, 0.29) is 0 Å². The van der Waals surface area contributed by atoms with Crippen molar-refractivity contribution in [3.8, 4) is 5.75 Å². The molecule has 0 spiro atoms. The highest BCUT2D eigenvalue weighted by atomic mass is 35.5.